The van der Waals surface area contributed by atoms with Crippen LogP contribution in [0.15, 0.2) is 6.33 Å². The lowest BCUT2D eigenvalue weighted by atomic mass is 9.67. The van der Waals surface area contributed by atoms with Gasteiger partial charge in [0.05, 0.1) is 0 Å². The first-order valence-electron chi connectivity index (χ1n) is 8.04. The molecule has 0 aromatic carbocycles. The second kappa shape index (κ2) is 6.25. The standard InChI is InChI=1S/C16H30N4/c1-5-8-20-15(18-11-19-20)10-12-9-13(16(2,3)4)6-7-14(12)17/h11-14H,5-10,17H2,1-4H3. The zero-order valence-electron chi connectivity index (χ0n) is 13.5. The van der Waals surface area contributed by atoms with Crippen LogP contribution in [0.1, 0.15) is 59.2 Å². The molecule has 0 spiro atoms. The molecule has 0 radical (unpaired) electrons. The Kier molecular flexibility index (Phi) is 4.84. The van der Waals surface area contributed by atoms with Crippen LogP contribution >= 0.6 is 0 Å². The number of rotatable bonds is 4. The maximum atomic E-state index is 6.37. The van der Waals surface area contributed by atoms with Crippen LogP contribution < -0.4 is 5.73 Å². The summed E-state index contributed by atoms with van der Waals surface area (Å²) in [5, 5.41) is 4.33. The van der Waals surface area contributed by atoms with Crippen LogP contribution in [0, 0.1) is 17.3 Å². The normalized spacial score (nSPS) is 27.8. The van der Waals surface area contributed by atoms with Gasteiger partial charge >= 0.3 is 0 Å². The molecule has 1 aliphatic rings. The van der Waals surface area contributed by atoms with E-state index in [-0.39, 0.29) is 0 Å². The zero-order valence-corrected chi connectivity index (χ0v) is 13.5. The summed E-state index contributed by atoms with van der Waals surface area (Å²) in [6, 6.07) is 0.320. The first kappa shape index (κ1) is 15.5. The van der Waals surface area contributed by atoms with Gasteiger partial charge in [0.2, 0.25) is 0 Å². The molecule has 2 N–H and O–H groups in total. The van der Waals surface area contributed by atoms with Crippen molar-refractivity contribution >= 4 is 0 Å². The topological polar surface area (TPSA) is 56.7 Å². The molecule has 1 aromatic rings. The van der Waals surface area contributed by atoms with Crippen molar-refractivity contribution in [2.24, 2.45) is 23.0 Å². The minimum Gasteiger partial charge on any atom is -0.327 e. The number of aryl methyl sites for hydroxylation is 1. The highest BCUT2D eigenvalue weighted by molar-refractivity contribution is 4.95. The van der Waals surface area contributed by atoms with Crippen molar-refractivity contribution in [2.75, 3.05) is 0 Å². The summed E-state index contributed by atoms with van der Waals surface area (Å²) in [7, 11) is 0. The minimum atomic E-state index is 0.320. The van der Waals surface area contributed by atoms with Crippen LogP contribution in [0.3, 0.4) is 0 Å². The zero-order chi connectivity index (χ0) is 14.8. The largest absolute Gasteiger partial charge is 0.327 e. The van der Waals surface area contributed by atoms with Gasteiger partial charge in [-0.3, -0.25) is 4.68 Å². The third-order valence-electron chi connectivity index (χ3n) is 4.84. The fourth-order valence-corrected chi connectivity index (χ4v) is 3.39. The molecule has 1 heterocycles. The van der Waals surface area contributed by atoms with E-state index in [0.29, 0.717) is 17.4 Å². The lowest BCUT2D eigenvalue weighted by Crippen LogP contribution is -2.40. The highest BCUT2D eigenvalue weighted by Crippen LogP contribution is 2.40. The second-order valence-electron chi connectivity index (χ2n) is 7.40. The summed E-state index contributed by atoms with van der Waals surface area (Å²) < 4.78 is 2.05. The predicted molar refractivity (Wildman–Crippen MR) is 82.3 cm³/mol. The summed E-state index contributed by atoms with van der Waals surface area (Å²) in [4.78, 5) is 4.45. The van der Waals surface area contributed by atoms with Crippen LogP contribution in [0.5, 0.6) is 0 Å². The fraction of sp³-hybridized carbons (Fsp3) is 0.875. The molecule has 0 bridgehead atoms. The molecule has 0 saturated heterocycles. The van der Waals surface area contributed by atoms with Gasteiger partial charge in [-0.2, -0.15) is 5.10 Å². The second-order valence-corrected chi connectivity index (χ2v) is 7.40. The quantitative estimate of drug-likeness (QED) is 0.921. The van der Waals surface area contributed by atoms with E-state index in [1.165, 1.54) is 12.8 Å². The van der Waals surface area contributed by atoms with E-state index in [1.54, 1.807) is 6.33 Å². The van der Waals surface area contributed by atoms with Crippen molar-refractivity contribution < 1.29 is 0 Å². The fourth-order valence-electron chi connectivity index (χ4n) is 3.39. The number of nitrogens with two attached hydrogens (primary N) is 1. The lowest BCUT2D eigenvalue weighted by Gasteiger charge is -2.40. The van der Waals surface area contributed by atoms with Gasteiger partial charge in [-0.15, -0.1) is 0 Å². The highest BCUT2D eigenvalue weighted by atomic mass is 15.3. The van der Waals surface area contributed by atoms with Crippen molar-refractivity contribution in [3.8, 4) is 0 Å². The molecule has 114 valence electrons. The molecule has 4 heteroatoms. The number of aromatic nitrogens is 3. The molecule has 0 aliphatic heterocycles. The predicted octanol–water partition coefficient (Wildman–Crippen LogP) is 3.02. The Bertz CT molecular complexity index is 418. The van der Waals surface area contributed by atoms with Gasteiger partial charge in [0, 0.05) is 19.0 Å². The van der Waals surface area contributed by atoms with Crippen molar-refractivity contribution in [3.63, 3.8) is 0 Å². The molecule has 0 amide bonds. The van der Waals surface area contributed by atoms with Gasteiger partial charge in [-0.05, 0) is 42.9 Å². The monoisotopic (exact) mass is 278 g/mol. The van der Waals surface area contributed by atoms with Gasteiger partial charge in [-0.1, -0.05) is 27.7 Å². The van der Waals surface area contributed by atoms with Gasteiger partial charge in [0.1, 0.15) is 12.2 Å². The molecule has 2 rings (SSSR count). The third kappa shape index (κ3) is 3.60. The summed E-state index contributed by atoms with van der Waals surface area (Å²) in [5.74, 6) is 2.43. The van der Waals surface area contributed by atoms with E-state index in [0.717, 1.165) is 37.5 Å². The van der Waals surface area contributed by atoms with E-state index in [1.807, 2.05) is 4.68 Å². The molecule has 1 fully saturated rings. The Labute approximate surface area is 123 Å². The van der Waals surface area contributed by atoms with Gasteiger partial charge < -0.3 is 5.73 Å². The average Bonchev–Trinajstić information content (AvgIpc) is 2.79. The molecule has 20 heavy (non-hydrogen) atoms. The van der Waals surface area contributed by atoms with Crippen LogP contribution in [0.25, 0.3) is 0 Å². The first-order valence-corrected chi connectivity index (χ1v) is 8.04. The van der Waals surface area contributed by atoms with Gasteiger partial charge in [-0.25, -0.2) is 4.98 Å². The van der Waals surface area contributed by atoms with Gasteiger partial charge in [0.15, 0.2) is 0 Å². The van der Waals surface area contributed by atoms with Crippen molar-refractivity contribution in [1.82, 2.24) is 14.8 Å². The van der Waals surface area contributed by atoms with Crippen LogP contribution in [0.4, 0.5) is 0 Å². The molecular weight excluding hydrogens is 248 g/mol. The Balaban J connectivity index is 2.04. The van der Waals surface area contributed by atoms with E-state index >= 15 is 0 Å². The number of hydrogen-bond donors (Lipinski definition) is 1. The van der Waals surface area contributed by atoms with Crippen molar-refractivity contribution in [2.45, 2.75) is 72.4 Å². The van der Waals surface area contributed by atoms with E-state index < -0.39 is 0 Å². The Morgan fingerprint density at radius 2 is 2.10 bits per heavy atom. The first-order chi connectivity index (χ1) is 9.41. The highest BCUT2D eigenvalue weighted by Gasteiger charge is 2.34. The Hall–Kier alpha value is -0.900. The maximum Gasteiger partial charge on any atom is 0.138 e. The Morgan fingerprint density at radius 1 is 1.35 bits per heavy atom. The van der Waals surface area contributed by atoms with Gasteiger partial charge in [0.25, 0.3) is 0 Å². The molecule has 3 unspecified atom stereocenters. The number of nitrogens with zero attached hydrogens (tertiary/aromatic N) is 3. The van der Waals surface area contributed by atoms with E-state index in [4.69, 9.17) is 5.73 Å². The van der Waals surface area contributed by atoms with Crippen LogP contribution in [-0.4, -0.2) is 20.8 Å². The van der Waals surface area contributed by atoms with Crippen molar-refractivity contribution in [1.29, 1.82) is 0 Å². The molecule has 1 aliphatic carbocycles. The molecule has 1 saturated carbocycles. The summed E-state index contributed by atoms with van der Waals surface area (Å²) >= 11 is 0. The summed E-state index contributed by atoms with van der Waals surface area (Å²) in [6.07, 6.45) is 7.40. The molecule has 1 aromatic heterocycles. The maximum absolute atomic E-state index is 6.37. The van der Waals surface area contributed by atoms with Crippen LogP contribution in [-0.2, 0) is 13.0 Å². The van der Waals surface area contributed by atoms with E-state index in [2.05, 4.69) is 37.8 Å². The lowest BCUT2D eigenvalue weighted by molar-refractivity contribution is 0.125. The van der Waals surface area contributed by atoms with Crippen molar-refractivity contribution in [3.05, 3.63) is 12.2 Å². The number of hydrogen-bond acceptors (Lipinski definition) is 3. The third-order valence-corrected chi connectivity index (χ3v) is 4.84. The molecular formula is C16H30N4. The van der Waals surface area contributed by atoms with E-state index in [9.17, 15) is 0 Å². The van der Waals surface area contributed by atoms with Crippen LogP contribution in [0.2, 0.25) is 0 Å². The summed E-state index contributed by atoms with van der Waals surface area (Å²) in [6.45, 7) is 10.2. The Morgan fingerprint density at radius 3 is 2.75 bits per heavy atom. The molecule has 3 atom stereocenters. The smallest absolute Gasteiger partial charge is 0.138 e. The SMILES string of the molecule is CCCn1ncnc1CC1CC(C(C)(C)C)CCC1N. The average molecular weight is 278 g/mol. The molecule has 4 nitrogen and oxygen atoms in total. The minimum absolute atomic E-state index is 0.320. The summed E-state index contributed by atoms with van der Waals surface area (Å²) in [5.41, 5.74) is 6.75.